The molecule has 1 heterocycles. The predicted molar refractivity (Wildman–Crippen MR) is 93.1 cm³/mol. The zero-order valence-electron chi connectivity index (χ0n) is 14.3. The number of hydrogen-bond donors (Lipinski definition) is 3. The number of piperazine rings is 1. The van der Waals surface area contributed by atoms with Crippen LogP contribution in [0, 0.1) is 5.92 Å². The van der Waals surface area contributed by atoms with Crippen molar-refractivity contribution in [3.8, 4) is 5.75 Å². The van der Waals surface area contributed by atoms with Gasteiger partial charge < -0.3 is 15.3 Å². The zero-order chi connectivity index (χ0) is 17.5. The predicted octanol–water partition coefficient (Wildman–Crippen LogP) is 0.996. The Morgan fingerprint density at radius 3 is 2.33 bits per heavy atom. The van der Waals surface area contributed by atoms with Crippen molar-refractivity contribution in [3.05, 3.63) is 24.3 Å². The lowest BCUT2D eigenvalue weighted by Crippen LogP contribution is -2.51. The molecule has 3 N–H and O–H groups in total. The fourth-order valence-electron chi connectivity index (χ4n) is 2.54. The second-order valence-electron chi connectivity index (χ2n) is 6.43. The maximum Gasteiger partial charge on any atom is 0.321 e. The van der Waals surface area contributed by atoms with Crippen molar-refractivity contribution in [2.45, 2.75) is 13.8 Å². The molecule has 1 aliphatic heterocycles. The molecule has 0 radical (unpaired) electrons. The Balaban J connectivity index is 1.71. The molecule has 0 atom stereocenters. The van der Waals surface area contributed by atoms with Crippen LogP contribution in [0.5, 0.6) is 5.75 Å². The van der Waals surface area contributed by atoms with Crippen LogP contribution in [0.2, 0.25) is 0 Å². The fourth-order valence-corrected chi connectivity index (χ4v) is 2.54. The number of urea groups is 1. The molecule has 0 aliphatic carbocycles. The molecule has 24 heavy (non-hydrogen) atoms. The lowest BCUT2D eigenvalue weighted by molar-refractivity contribution is -0.121. The molecule has 2 rings (SSSR count). The molecule has 0 spiro atoms. The summed E-state index contributed by atoms with van der Waals surface area (Å²) < 4.78 is 0. The molecule has 1 aromatic rings. The first-order chi connectivity index (χ1) is 11.4. The Kier molecular flexibility index (Phi) is 6.43. The third kappa shape index (κ3) is 5.73. The van der Waals surface area contributed by atoms with Gasteiger partial charge in [-0.25, -0.2) is 4.79 Å². The highest BCUT2D eigenvalue weighted by molar-refractivity contribution is 5.95. The average molecular weight is 334 g/mol. The standard InChI is InChI=1S/C17H26N4O3/c1-13(2)11-18-17(24)19-16(23)12-20-7-9-21(10-8-20)14-3-5-15(22)6-4-14/h3-6,13,22H,7-12H2,1-2H3,(H2,18,19,23,24). The molecule has 0 unspecified atom stereocenters. The van der Waals surface area contributed by atoms with Crippen molar-refractivity contribution in [3.63, 3.8) is 0 Å². The van der Waals surface area contributed by atoms with E-state index in [1.807, 2.05) is 30.9 Å². The molecule has 3 amide bonds. The number of anilines is 1. The number of phenols is 1. The molecule has 0 bridgehead atoms. The molecule has 132 valence electrons. The molecular formula is C17H26N4O3. The number of benzene rings is 1. The van der Waals surface area contributed by atoms with Crippen LogP contribution in [-0.2, 0) is 4.79 Å². The summed E-state index contributed by atoms with van der Waals surface area (Å²) in [4.78, 5) is 27.7. The van der Waals surface area contributed by atoms with Crippen LogP contribution < -0.4 is 15.5 Å². The lowest BCUT2D eigenvalue weighted by Gasteiger charge is -2.35. The van der Waals surface area contributed by atoms with Gasteiger partial charge in [0.05, 0.1) is 6.54 Å². The van der Waals surface area contributed by atoms with Crippen LogP contribution in [-0.4, -0.2) is 61.2 Å². The van der Waals surface area contributed by atoms with Gasteiger partial charge in [-0.3, -0.25) is 15.0 Å². The topological polar surface area (TPSA) is 84.9 Å². The van der Waals surface area contributed by atoms with Crippen LogP contribution >= 0.6 is 0 Å². The number of hydrogen-bond acceptors (Lipinski definition) is 5. The number of carbonyl (C=O) groups excluding carboxylic acids is 2. The fraction of sp³-hybridized carbons (Fsp3) is 0.529. The summed E-state index contributed by atoms with van der Waals surface area (Å²) in [5.74, 6) is 0.318. The summed E-state index contributed by atoms with van der Waals surface area (Å²) >= 11 is 0. The molecule has 1 aliphatic rings. The molecule has 0 aromatic heterocycles. The Morgan fingerprint density at radius 1 is 1.12 bits per heavy atom. The summed E-state index contributed by atoms with van der Waals surface area (Å²) in [6.45, 7) is 7.87. The first-order valence-electron chi connectivity index (χ1n) is 8.28. The van der Waals surface area contributed by atoms with Crippen LogP contribution in [0.25, 0.3) is 0 Å². The van der Waals surface area contributed by atoms with E-state index in [4.69, 9.17) is 0 Å². The van der Waals surface area contributed by atoms with E-state index in [2.05, 4.69) is 15.5 Å². The van der Waals surface area contributed by atoms with Gasteiger partial charge in [-0.1, -0.05) is 13.8 Å². The van der Waals surface area contributed by atoms with Gasteiger partial charge in [-0.05, 0) is 30.2 Å². The smallest absolute Gasteiger partial charge is 0.321 e. The number of nitrogens with one attached hydrogen (secondary N) is 2. The van der Waals surface area contributed by atoms with Gasteiger partial charge in [0.2, 0.25) is 5.91 Å². The third-order valence-electron chi connectivity index (χ3n) is 3.88. The van der Waals surface area contributed by atoms with Crippen molar-refractivity contribution in [1.29, 1.82) is 0 Å². The van der Waals surface area contributed by atoms with Crippen molar-refractivity contribution in [2.75, 3.05) is 44.2 Å². The van der Waals surface area contributed by atoms with E-state index in [0.717, 1.165) is 31.9 Å². The van der Waals surface area contributed by atoms with Gasteiger partial charge >= 0.3 is 6.03 Å². The summed E-state index contributed by atoms with van der Waals surface area (Å²) in [6.07, 6.45) is 0. The Hall–Kier alpha value is -2.28. The van der Waals surface area contributed by atoms with E-state index in [1.54, 1.807) is 12.1 Å². The minimum absolute atomic E-state index is 0.221. The zero-order valence-corrected chi connectivity index (χ0v) is 14.3. The monoisotopic (exact) mass is 334 g/mol. The summed E-state index contributed by atoms with van der Waals surface area (Å²) in [5, 5.41) is 14.4. The minimum Gasteiger partial charge on any atom is -0.508 e. The summed E-state index contributed by atoms with van der Waals surface area (Å²) in [5.41, 5.74) is 1.06. The van der Waals surface area contributed by atoms with E-state index < -0.39 is 6.03 Å². The molecule has 1 aromatic carbocycles. The third-order valence-corrected chi connectivity index (χ3v) is 3.88. The van der Waals surface area contributed by atoms with E-state index in [9.17, 15) is 14.7 Å². The Labute approximate surface area is 142 Å². The minimum atomic E-state index is -0.434. The van der Waals surface area contributed by atoms with Gasteiger partial charge in [0.15, 0.2) is 0 Å². The number of aromatic hydroxyl groups is 1. The highest BCUT2D eigenvalue weighted by atomic mass is 16.3. The number of carbonyl (C=O) groups is 2. The van der Waals surface area contributed by atoms with E-state index in [-0.39, 0.29) is 18.2 Å². The molecule has 7 heteroatoms. The van der Waals surface area contributed by atoms with Gasteiger partial charge in [0, 0.05) is 38.4 Å². The lowest BCUT2D eigenvalue weighted by atomic mass is 10.2. The summed E-state index contributed by atoms with van der Waals surface area (Å²) in [7, 11) is 0. The number of rotatable bonds is 5. The van der Waals surface area contributed by atoms with Crippen LogP contribution in [0.4, 0.5) is 10.5 Å². The highest BCUT2D eigenvalue weighted by Gasteiger charge is 2.20. The maximum atomic E-state index is 11.9. The van der Waals surface area contributed by atoms with Gasteiger partial charge in [-0.15, -0.1) is 0 Å². The normalized spacial score (nSPS) is 15.4. The van der Waals surface area contributed by atoms with Gasteiger partial charge in [0.1, 0.15) is 5.75 Å². The molecular weight excluding hydrogens is 308 g/mol. The van der Waals surface area contributed by atoms with Crippen LogP contribution in [0.1, 0.15) is 13.8 Å². The number of amides is 3. The van der Waals surface area contributed by atoms with E-state index >= 15 is 0 Å². The van der Waals surface area contributed by atoms with Crippen molar-refractivity contribution < 1.29 is 14.7 Å². The van der Waals surface area contributed by atoms with Crippen molar-refractivity contribution in [1.82, 2.24) is 15.5 Å². The average Bonchev–Trinajstić information content (AvgIpc) is 2.54. The van der Waals surface area contributed by atoms with Gasteiger partial charge in [0.25, 0.3) is 0 Å². The number of nitrogens with zero attached hydrogens (tertiary/aromatic N) is 2. The SMILES string of the molecule is CC(C)CNC(=O)NC(=O)CN1CCN(c2ccc(O)cc2)CC1. The molecule has 0 saturated carbocycles. The largest absolute Gasteiger partial charge is 0.508 e. The van der Waals surface area contributed by atoms with Crippen molar-refractivity contribution in [2.24, 2.45) is 5.92 Å². The summed E-state index contributed by atoms with van der Waals surface area (Å²) in [6, 6.07) is 6.68. The van der Waals surface area contributed by atoms with E-state index in [1.165, 1.54) is 0 Å². The van der Waals surface area contributed by atoms with E-state index in [0.29, 0.717) is 12.5 Å². The highest BCUT2D eigenvalue weighted by Crippen LogP contribution is 2.19. The maximum absolute atomic E-state index is 11.9. The van der Waals surface area contributed by atoms with Gasteiger partial charge in [-0.2, -0.15) is 0 Å². The molecule has 1 saturated heterocycles. The number of imide groups is 1. The quantitative estimate of drug-likeness (QED) is 0.748. The number of phenolic OH excluding ortho intramolecular Hbond substituents is 1. The molecule has 7 nitrogen and oxygen atoms in total. The second kappa shape index (κ2) is 8.54. The first kappa shape index (κ1) is 18.1. The Bertz CT molecular complexity index is 551. The first-order valence-corrected chi connectivity index (χ1v) is 8.28. The second-order valence-corrected chi connectivity index (χ2v) is 6.43. The van der Waals surface area contributed by atoms with Crippen LogP contribution in [0.15, 0.2) is 24.3 Å². The van der Waals surface area contributed by atoms with Crippen molar-refractivity contribution >= 4 is 17.6 Å². The van der Waals surface area contributed by atoms with Crippen LogP contribution in [0.3, 0.4) is 0 Å². The molecule has 1 fully saturated rings. The Morgan fingerprint density at radius 2 is 1.75 bits per heavy atom.